The van der Waals surface area contributed by atoms with E-state index in [0.29, 0.717) is 17.0 Å². The smallest absolute Gasteiger partial charge is 0.254 e. The van der Waals surface area contributed by atoms with Gasteiger partial charge in [0, 0.05) is 17.6 Å². The maximum Gasteiger partial charge on any atom is 0.254 e. The van der Waals surface area contributed by atoms with Crippen LogP contribution in [-0.2, 0) is 15.6 Å². The molecular formula is C24H26N2O3S2. The van der Waals surface area contributed by atoms with Crippen LogP contribution in [0.2, 0.25) is 0 Å². The van der Waals surface area contributed by atoms with Gasteiger partial charge in [-0.25, -0.2) is 13.4 Å². The van der Waals surface area contributed by atoms with Crippen LogP contribution in [0.5, 0.6) is 0 Å². The minimum absolute atomic E-state index is 0.0150. The minimum Gasteiger partial charge on any atom is -0.352 e. The van der Waals surface area contributed by atoms with Crippen LogP contribution in [0.3, 0.4) is 0 Å². The van der Waals surface area contributed by atoms with Crippen molar-refractivity contribution >= 4 is 27.5 Å². The molecule has 0 atom stereocenters. The van der Waals surface area contributed by atoms with E-state index in [-0.39, 0.29) is 24.0 Å². The SMILES string of the molecule is Cc1ccc(Sc2ncccc2C(=O)NCCCS(=O)(=O)Cc2ccccc2)cc1C. The number of pyridine rings is 1. The van der Waals surface area contributed by atoms with Crippen LogP contribution in [-0.4, -0.2) is 31.6 Å². The number of rotatable bonds is 9. The van der Waals surface area contributed by atoms with Gasteiger partial charge in [-0.15, -0.1) is 0 Å². The summed E-state index contributed by atoms with van der Waals surface area (Å²) in [5.41, 5.74) is 3.65. The molecule has 1 N–H and O–H groups in total. The van der Waals surface area contributed by atoms with Crippen molar-refractivity contribution in [1.82, 2.24) is 10.3 Å². The number of nitrogens with one attached hydrogen (secondary N) is 1. The molecular weight excluding hydrogens is 428 g/mol. The number of aryl methyl sites for hydroxylation is 2. The van der Waals surface area contributed by atoms with E-state index in [0.717, 1.165) is 10.5 Å². The maximum atomic E-state index is 12.7. The Kier molecular flexibility index (Phi) is 7.87. The highest BCUT2D eigenvalue weighted by atomic mass is 32.2. The summed E-state index contributed by atoms with van der Waals surface area (Å²) in [5, 5.41) is 3.45. The lowest BCUT2D eigenvalue weighted by Gasteiger charge is -2.10. The number of carbonyl (C=O) groups is 1. The van der Waals surface area contributed by atoms with Gasteiger partial charge < -0.3 is 5.32 Å². The molecule has 0 aliphatic carbocycles. The van der Waals surface area contributed by atoms with E-state index in [2.05, 4.69) is 36.3 Å². The predicted octanol–water partition coefficient (Wildman–Crippen LogP) is 4.58. The van der Waals surface area contributed by atoms with Crippen molar-refractivity contribution in [3.63, 3.8) is 0 Å². The number of sulfone groups is 1. The van der Waals surface area contributed by atoms with Gasteiger partial charge in [0.1, 0.15) is 5.03 Å². The summed E-state index contributed by atoms with van der Waals surface area (Å²) in [6.45, 7) is 4.40. The molecule has 0 aliphatic heterocycles. The van der Waals surface area contributed by atoms with Crippen molar-refractivity contribution < 1.29 is 13.2 Å². The zero-order valence-corrected chi connectivity index (χ0v) is 19.3. The van der Waals surface area contributed by atoms with Gasteiger partial charge in [-0.3, -0.25) is 4.79 Å². The van der Waals surface area contributed by atoms with Crippen molar-refractivity contribution in [2.45, 2.75) is 35.9 Å². The van der Waals surface area contributed by atoms with Gasteiger partial charge >= 0.3 is 0 Å². The van der Waals surface area contributed by atoms with Gasteiger partial charge in [0.2, 0.25) is 0 Å². The summed E-state index contributed by atoms with van der Waals surface area (Å²) in [5.74, 6) is -0.208. The fraction of sp³-hybridized carbons (Fsp3) is 0.250. The molecule has 2 aromatic carbocycles. The van der Waals surface area contributed by atoms with Crippen molar-refractivity contribution in [2.24, 2.45) is 0 Å². The summed E-state index contributed by atoms with van der Waals surface area (Å²) in [7, 11) is -3.22. The number of hydrogen-bond donors (Lipinski definition) is 1. The van der Waals surface area contributed by atoms with Crippen LogP contribution in [0.4, 0.5) is 0 Å². The topological polar surface area (TPSA) is 76.1 Å². The van der Waals surface area contributed by atoms with Crippen LogP contribution in [0.1, 0.15) is 33.5 Å². The molecule has 0 fully saturated rings. The van der Waals surface area contributed by atoms with E-state index in [1.807, 2.05) is 24.3 Å². The van der Waals surface area contributed by atoms with Crippen molar-refractivity contribution in [2.75, 3.05) is 12.3 Å². The molecule has 5 nitrogen and oxygen atoms in total. The van der Waals surface area contributed by atoms with E-state index >= 15 is 0 Å². The average Bonchev–Trinajstić information content (AvgIpc) is 2.74. The molecule has 3 rings (SSSR count). The number of carbonyl (C=O) groups excluding carboxylic acids is 1. The van der Waals surface area contributed by atoms with E-state index in [4.69, 9.17) is 0 Å². The number of hydrogen-bond acceptors (Lipinski definition) is 5. The van der Waals surface area contributed by atoms with E-state index in [1.165, 1.54) is 22.9 Å². The second-order valence-corrected chi connectivity index (χ2v) is 10.6. The first kappa shape index (κ1) is 23.0. The van der Waals surface area contributed by atoms with Gasteiger partial charge in [0.15, 0.2) is 9.84 Å². The standard InChI is InChI=1S/C24H26N2O3S2/c1-18-11-12-21(16-19(18)2)30-24-22(10-6-13-26-24)23(27)25-14-7-15-31(28,29)17-20-8-4-3-5-9-20/h3-6,8-13,16H,7,14-15,17H2,1-2H3,(H,25,27). The Labute approximate surface area is 188 Å². The number of benzene rings is 2. The molecule has 3 aromatic rings. The van der Waals surface area contributed by atoms with Crippen LogP contribution < -0.4 is 5.32 Å². The summed E-state index contributed by atoms with van der Waals surface area (Å²) in [6.07, 6.45) is 2.02. The van der Waals surface area contributed by atoms with Crippen LogP contribution in [0, 0.1) is 13.8 Å². The van der Waals surface area contributed by atoms with Crippen LogP contribution in [0.15, 0.2) is 76.8 Å². The summed E-state index contributed by atoms with van der Waals surface area (Å²) in [6, 6.07) is 18.7. The highest BCUT2D eigenvalue weighted by Crippen LogP contribution is 2.29. The maximum absolute atomic E-state index is 12.7. The summed E-state index contributed by atoms with van der Waals surface area (Å²) in [4.78, 5) is 18.1. The number of amides is 1. The van der Waals surface area contributed by atoms with Gasteiger partial charge in [0.25, 0.3) is 5.91 Å². The molecule has 31 heavy (non-hydrogen) atoms. The second kappa shape index (κ2) is 10.6. The molecule has 0 bridgehead atoms. The molecule has 0 radical (unpaired) electrons. The zero-order chi connectivity index (χ0) is 22.3. The van der Waals surface area contributed by atoms with E-state index in [9.17, 15) is 13.2 Å². The Morgan fingerprint density at radius 1 is 1.00 bits per heavy atom. The largest absolute Gasteiger partial charge is 0.352 e. The lowest BCUT2D eigenvalue weighted by molar-refractivity contribution is 0.0950. The molecule has 0 saturated carbocycles. The molecule has 0 spiro atoms. The molecule has 7 heteroatoms. The highest BCUT2D eigenvalue weighted by molar-refractivity contribution is 7.99. The molecule has 1 amide bonds. The Hall–Kier alpha value is -2.64. The lowest BCUT2D eigenvalue weighted by Crippen LogP contribution is -2.26. The minimum atomic E-state index is -3.22. The summed E-state index contributed by atoms with van der Waals surface area (Å²) < 4.78 is 24.6. The average molecular weight is 455 g/mol. The Morgan fingerprint density at radius 3 is 2.52 bits per heavy atom. The van der Waals surface area contributed by atoms with Gasteiger partial charge in [0.05, 0.1) is 17.1 Å². The van der Waals surface area contributed by atoms with Crippen LogP contribution in [0.25, 0.3) is 0 Å². The molecule has 1 aromatic heterocycles. The molecule has 0 unspecified atom stereocenters. The highest BCUT2D eigenvalue weighted by Gasteiger charge is 2.15. The zero-order valence-electron chi connectivity index (χ0n) is 17.7. The van der Waals surface area contributed by atoms with Gasteiger partial charge in [-0.2, -0.15) is 0 Å². The first-order valence-corrected chi connectivity index (χ1v) is 12.7. The van der Waals surface area contributed by atoms with Gasteiger partial charge in [-0.1, -0.05) is 48.2 Å². The van der Waals surface area contributed by atoms with Crippen molar-refractivity contribution in [3.05, 3.63) is 89.1 Å². The normalized spacial score (nSPS) is 11.3. The first-order chi connectivity index (χ1) is 14.8. The second-order valence-electron chi connectivity index (χ2n) is 7.39. The molecule has 1 heterocycles. The molecule has 162 valence electrons. The third-order valence-electron chi connectivity index (χ3n) is 4.86. The van der Waals surface area contributed by atoms with E-state index < -0.39 is 9.84 Å². The fourth-order valence-corrected chi connectivity index (χ4v) is 5.43. The third-order valence-corrected chi connectivity index (χ3v) is 7.55. The van der Waals surface area contributed by atoms with Crippen LogP contribution >= 0.6 is 11.8 Å². The van der Waals surface area contributed by atoms with Gasteiger partial charge in [-0.05, 0) is 61.2 Å². The molecule has 0 aliphatic rings. The Morgan fingerprint density at radius 2 is 1.77 bits per heavy atom. The third kappa shape index (κ3) is 6.94. The van der Waals surface area contributed by atoms with E-state index in [1.54, 1.807) is 30.5 Å². The number of aromatic nitrogens is 1. The molecule has 0 saturated heterocycles. The summed E-state index contributed by atoms with van der Waals surface area (Å²) >= 11 is 1.44. The first-order valence-electron chi connectivity index (χ1n) is 10.1. The predicted molar refractivity (Wildman–Crippen MR) is 125 cm³/mol. The lowest BCUT2D eigenvalue weighted by atomic mass is 10.1. The number of nitrogens with zero attached hydrogens (tertiary/aromatic N) is 1. The van der Waals surface area contributed by atoms with Crippen molar-refractivity contribution in [3.8, 4) is 0 Å². The fourth-order valence-electron chi connectivity index (χ4n) is 3.02. The van der Waals surface area contributed by atoms with Crippen molar-refractivity contribution in [1.29, 1.82) is 0 Å². The Bertz CT molecular complexity index is 1150. The monoisotopic (exact) mass is 454 g/mol. The Balaban J connectivity index is 1.55. The quantitative estimate of drug-likeness (QED) is 0.479.